The molecule has 1 saturated heterocycles. The predicted molar refractivity (Wildman–Crippen MR) is 127 cm³/mol. The van der Waals surface area contributed by atoms with E-state index >= 15 is 0 Å². The third-order valence-corrected chi connectivity index (χ3v) is 6.89. The van der Waals surface area contributed by atoms with E-state index < -0.39 is 0 Å². The molecule has 0 bridgehead atoms. The molecular formula is C27H24FN4O2+. The van der Waals surface area contributed by atoms with Gasteiger partial charge in [-0.1, -0.05) is 18.2 Å². The van der Waals surface area contributed by atoms with Gasteiger partial charge in [0.05, 0.1) is 19.0 Å². The van der Waals surface area contributed by atoms with Crippen molar-refractivity contribution in [2.45, 2.75) is 25.2 Å². The molecule has 0 radical (unpaired) electrons. The Balaban J connectivity index is 1.39. The smallest absolute Gasteiger partial charge is 0.306 e. The van der Waals surface area contributed by atoms with E-state index in [1.165, 1.54) is 23.1 Å². The molecule has 34 heavy (non-hydrogen) atoms. The molecule has 2 aliphatic heterocycles. The molecule has 0 spiro atoms. The summed E-state index contributed by atoms with van der Waals surface area (Å²) >= 11 is 0. The summed E-state index contributed by atoms with van der Waals surface area (Å²) in [6.07, 6.45) is 1.99. The minimum atomic E-state index is -0.341. The first-order valence-corrected chi connectivity index (χ1v) is 11.3. The van der Waals surface area contributed by atoms with Crippen LogP contribution in [0.3, 0.4) is 0 Å². The van der Waals surface area contributed by atoms with Crippen molar-refractivity contribution in [1.82, 2.24) is 9.99 Å². The number of quaternary nitrogens is 1. The van der Waals surface area contributed by atoms with E-state index in [1.54, 1.807) is 30.5 Å². The van der Waals surface area contributed by atoms with E-state index in [1.807, 2.05) is 36.4 Å². The largest absolute Gasteiger partial charge is 0.497 e. The van der Waals surface area contributed by atoms with E-state index in [-0.39, 0.29) is 23.9 Å². The summed E-state index contributed by atoms with van der Waals surface area (Å²) in [6.45, 7) is 0.664. The maximum Gasteiger partial charge on any atom is 0.306 e. The van der Waals surface area contributed by atoms with Gasteiger partial charge in [0.25, 0.3) is 0 Å². The van der Waals surface area contributed by atoms with Crippen LogP contribution < -0.4 is 9.64 Å². The van der Waals surface area contributed by atoms with Gasteiger partial charge in [0, 0.05) is 22.9 Å². The number of benzene rings is 3. The Hall–Kier alpha value is -3.97. The Morgan fingerprint density at radius 2 is 1.85 bits per heavy atom. The number of hydrogen-bond donors (Lipinski definition) is 2. The Labute approximate surface area is 196 Å². The zero-order valence-electron chi connectivity index (χ0n) is 18.7. The van der Waals surface area contributed by atoms with Crippen molar-refractivity contribution in [1.29, 1.82) is 0 Å². The zero-order chi connectivity index (χ0) is 23.2. The van der Waals surface area contributed by atoms with Crippen LogP contribution in [0.15, 0.2) is 77.9 Å². The van der Waals surface area contributed by atoms with Crippen LogP contribution in [0.5, 0.6) is 5.75 Å². The van der Waals surface area contributed by atoms with Gasteiger partial charge in [-0.15, -0.1) is 0 Å². The number of aromatic nitrogens is 1. The molecule has 1 amide bonds. The van der Waals surface area contributed by atoms with Gasteiger partial charge in [-0.25, -0.2) is 4.39 Å². The topological polar surface area (TPSA) is 62.1 Å². The Bertz CT molecular complexity index is 1390. The fourth-order valence-corrected chi connectivity index (χ4v) is 5.22. The molecule has 1 aromatic heterocycles. The first-order valence-electron chi connectivity index (χ1n) is 11.3. The van der Waals surface area contributed by atoms with E-state index in [4.69, 9.17) is 4.74 Å². The molecule has 2 N–H and O–H groups in total. The highest BCUT2D eigenvalue weighted by molar-refractivity contribution is 5.89. The molecule has 3 heterocycles. The standard InChI is InChI=1S/C27H23FN4O2/c1-34-20-12-6-17(7-13-20)15-29-32-26(18-8-10-19(28)11-9-18)31-16-24-22(14-25(31)27(32)33)21-4-2-3-5-23(21)30-24/h2-13,15,25-26,30H,14,16H2,1H3/p+1/b29-15-/t25-,26+/m0/s1. The summed E-state index contributed by atoms with van der Waals surface area (Å²) in [5, 5.41) is 7.38. The summed E-state index contributed by atoms with van der Waals surface area (Å²) < 4.78 is 18.9. The second-order valence-corrected chi connectivity index (χ2v) is 8.79. The van der Waals surface area contributed by atoms with Gasteiger partial charge in [-0.3, -0.25) is 9.69 Å². The van der Waals surface area contributed by atoms with Crippen LogP contribution in [-0.4, -0.2) is 35.3 Å². The lowest BCUT2D eigenvalue weighted by Gasteiger charge is -2.29. The summed E-state index contributed by atoms with van der Waals surface area (Å²) in [7, 11) is 1.62. The van der Waals surface area contributed by atoms with Crippen LogP contribution in [0, 0.1) is 5.82 Å². The first-order chi connectivity index (χ1) is 16.6. The van der Waals surface area contributed by atoms with Crippen molar-refractivity contribution < 1.29 is 18.8 Å². The molecule has 1 unspecified atom stereocenters. The number of ether oxygens (including phenoxy) is 1. The summed E-state index contributed by atoms with van der Waals surface area (Å²) in [5.41, 5.74) is 5.17. The molecule has 6 rings (SSSR count). The first kappa shape index (κ1) is 20.6. The number of amides is 1. The van der Waals surface area contributed by atoms with Gasteiger partial charge in [0.1, 0.15) is 18.1 Å². The molecule has 3 atom stereocenters. The number of aromatic amines is 1. The fraction of sp³-hybridized carbons (Fsp3) is 0.185. The van der Waals surface area contributed by atoms with Crippen molar-refractivity contribution in [2.24, 2.45) is 5.10 Å². The van der Waals surface area contributed by atoms with Crippen LogP contribution >= 0.6 is 0 Å². The Morgan fingerprint density at radius 1 is 1.09 bits per heavy atom. The monoisotopic (exact) mass is 455 g/mol. The highest BCUT2D eigenvalue weighted by atomic mass is 19.1. The maximum absolute atomic E-state index is 13.7. The van der Waals surface area contributed by atoms with E-state index in [0.29, 0.717) is 13.0 Å². The average Bonchev–Trinajstić information content (AvgIpc) is 3.36. The second-order valence-electron chi connectivity index (χ2n) is 8.79. The van der Waals surface area contributed by atoms with Crippen molar-refractivity contribution in [3.63, 3.8) is 0 Å². The Morgan fingerprint density at radius 3 is 2.62 bits per heavy atom. The van der Waals surface area contributed by atoms with Crippen LogP contribution in [0.25, 0.3) is 10.9 Å². The highest BCUT2D eigenvalue weighted by Crippen LogP contribution is 2.31. The minimum Gasteiger partial charge on any atom is -0.497 e. The number of hydrazone groups is 1. The van der Waals surface area contributed by atoms with Gasteiger partial charge >= 0.3 is 5.91 Å². The lowest BCUT2D eigenvalue weighted by molar-refractivity contribution is -0.960. The molecule has 0 aliphatic carbocycles. The third-order valence-electron chi connectivity index (χ3n) is 6.89. The number of para-hydroxylation sites is 1. The SMILES string of the molecule is COc1ccc(/C=N\N2C(=O)[C@@H]3Cc4c([nH]c5ccccc45)C[NH+]3[C@H]2c2ccc(F)cc2)cc1. The number of rotatable bonds is 4. The molecule has 0 saturated carbocycles. The van der Waals surface area contributed by atoms with Gasteiger partial charge in [0.2, 0.25) is 6.17 Å². The van der Waals surface area contributed by atoms with Gasteiger partial charge in [-0.2, -0.15) is 10.1 Å². The van der Waals surface area contributed by atoms with Gasteiger partial charge < -0.3 is 9.72 Å². The van der Waals surface area contributed by atoms with Crippen molar-refractivity contribution >= 4 is 23.0 Å². The summed E-state index contributed by atoms with van der Waals surface area (Å²) in [4.78, 5) is 18.3. The normalized spacial score (nSPS) is 21.8. The third kappa shape index (κ3) is 3.36. The number of carbonyl (C=O) groups is 1. The molecule has 2 aliphatic rings. The lowest BCUT2D eigenvalue weighted by Crippen LogP contribution is -3.14. The number of nitrogens with one attached hydrogen (secondary N) is 2. The van der Waals surface area contributed by atoms with Crippen LogP contribution in [-0.2, 0) is 17.8 Å². The van der Waals surface area contributed by atoms with Crippen LogP contribution in [0.1, 0.15) is 28.6 Å². The molecular weight excluding hydrogens is 431 g/mol. The summed E-state index contributed by atoms with van der Waals surface area (Å²) in [5.74, 6) is 0.433. The Kier molecular flexibility index (Phi) is 4.92. The quantitative estimate of drug-likeness (QED) is 0.465. The molecule has 7 heteroatoms. The maximum atomic E-state index is 13.7. The lowest BCUT2D eigenvalue weighted by atomic mass is 9.97. The van der Waals surface area contributed by atoms with Crippen LogP contribution in [0.4, 0.5) is 4.39 Å². The number of fused-ring (bicyclic) bond motifs is 4. The number of H-pyrrole nitrogens is 1. The number of carbonyl (C=O) groups excluding carboxylic acids is 1. The highest BCUT2D eigenvalue weighted by Gasteiger charge is 2.53. The zero-order valence-corrected chi connectivity index (χ0v) is 18.7. The van der Waals surface area contributed by atoms with Crippen molar-refractivity contribution in [2.75, 3.05) is 7.11 Å². The molecule has 4 aromatic rings. The van der Waals surface area contributed by atoms with Gasteiger partial charge in [0.15, 0.2) is 6.04 Å². The fourth-order valence-electron chi connectivity index (χ4n) is 5.22. The molecule has 6 nitrogen and oxygen atoms in total. The molecule has 170 valence electrons. The number of nitrogens with zero attached hydrogens (tertiary/aromatic N) is 2. The van der Waals surface area contributed by atoms with Crippen LogP contribution in [0.2, 0.25) is 0 Å². The van der Waals surface area contributed by atoms with Crippen molar-refractivity contribution in [3.05, 3.63) is 101 Å². The van der Waals surface area contributed by atoms with E-state index in [2.05, 4.69) is 22.2 Å². The number of hydrogen-bond acceptors (Lipinski definition) is 3. The van der Waals surface area contributed by atoms with E-state index in [0.717, 1.165) is 33.0 Å². The second kappa shape index (κ2) is 8.11. The average molecular weight is 456 g/mol. The predicted octanol–water partition coefficient (Wildman–Crippen LogP) is 3.20. The van der Waals surface area contributed by atoms with E-state index in [9.17, 15) is 9.18 Å². The molecule has 3 aromatic carbocycles. The van der Waals surface area contributed by atoms with Crippen molar-refractivity contribution in [3.8, 4) is 5.75 Å². The summed E-state index contributed by atoms with van der Waals surface area (Å²) in [6, 6.07) is 21.8. The minimum absolute atomic E-state index is 0.0231. The van der Waals surface area contributed by atoms with Gasteiger partial charge in [-0.05, 0) is 65.7 Å². The molecule has 1 fully saturated rings. The number of halogens is 1. The number of methoxy groups -OCH3 is 1.